The van der Waals surface area contributed by atoms with E-state index in [1.165, 1.54) is 11.3 Å². The number of hydrogen-bond acceptors (Lipinski definition) is 4. The Hall–Kier alpha value is -1.89. The summed E-state index contributed by atoms with van der Waals surface area (Å²) in [5.41, 5.74) is 0. The van der Waals surface area contributed by atoms with Crippen LogP contribution in [0, 0.1) is 5.92 Å². The van der Waals surface area contributed by atoms with Gasteiger partial charge in [-0.2, -0.15) is 0 Å². The molecule has 1 fully saturated rings. The van der Waals surface area contributed by atoms with Crippen LogP contribution in [-0.2, 0) is 9.59 Å². The second-order valence-electron chi connectivity index (χ2n) is 4.77. The Morgan fingerprint density at radius 3 is 2.75 bits per heavy atom. The van der Waals surface area contributed by atoms with E-state index in [0.29, 0.717) is 24.1 Å². The summed E-state index contributed by atoms with van der Waals surface area (Å²) < 4.78 is 0. The monoisotopic (exact) mass is 296 g/mol. The Morgan fingerprint density at radius 2 is 2.15 bits per heavy atom. The average Bonchev–Trinajstić information content (AvgIpc) is 3.06. The van der Waals surface area contributed by atoms with Gasteiger partial charge in [0.2, 0.25) is 5.91 Å². The molecule has 0 aromatic carbocycles. The number of aliphatic carboxylic acids is 1. The Balaban J connectivity index is 1.71. The molecule has 108 valence electrons. The number of hydrogen-bond donors (Lipinski definition) is 3. The lowest BCUT2D eigenvalue weighted by Gasteiger charge is -2.12. The molecule has 1 aliphatic rings. The highest BCUT2D eigenvalue weighted by Gasteiger charge is 2.30. The van der Waals surface area contributed by atoms with Crippen LogP contribution in [-0.4, -0.2) is 35.5 Å². The summed E-state index contributed by atoms with van der Waals surface area (Å²) in [6.07, 6.45) is 1.71. The lowest BCUT2D eigenvalue weighted by atomic mass is 10.1. The number of carbonyl (C=O) groups is 3. The normalized spacial score (nSPS) is 21.4. The molecule has 0 bridgehead atoms. The van der Waals surface area contributed by atoms with E-state index >= 15 is 0 Å². The van der Waals surface area contributed by atoms with Crippen molar-refractivity contribution >= 4 is 29.1 Å². The van der Waals surface area contributed by atoms with Gasteiger partial charge in [0.25, 0.3) is 5.91 Å². The molecular formula is C13H16N2O4S. The molecule has 0 saturated heterocycles. The first-order chi connectivity index (χ1) is 9.56. The van der Waals surface area contributed by atoms with E-state index in [0.717, 1.165) is 0 Å². The minimum absolute atomic E-state index is 0.0923. The summed E-state index contributed by atoms with van der Waals surface area (Å²) in [6, 6.07) is 3.35. The van der Waals surface area contributed by atoms with Crippen molar-refractivity contribution in [2.45, 2.75) is 25.3 Å². The van der Waals surface area contributed by atoms with Crippen LogP contribution in [0.4, 0.5) is 0 Å². The molecule has 0 unspecified atom stereocenters. The number of rotatable bonds is 5. The van der Waals surface area contributed by atoms with Crippen molar-refractivity contribution in [3.05, 3.63) is 22.4 Å². The fraction of sp³-hybridized carbons (Fsp3) is 0.462. The summed E-state index contributed by atoms with van der Waals surface area (Å²) in [5.74, 6) is -1.75. The zero-order chi connectivity index (χ0) is 14.5. The molecule has 6 nitrogen and oxygen atoms in total. The highest BCUT2D eigenvalue weighted by molar-refractivity contribution is 7.12. The van der Waals surface area contributed by atoms with Gasteiger partial charge in [-0.1, -0.05) is 6.07 Å². The number of carboxylic acid groups (broad SMARTS) is 1. The highest BCUT2D eigenvalue weighted by atomic mass is 32.1. The quantitative estimate of drug-likeness (QED) is 0.750. The maximum atomic E-state index is 11.7. The van der Waals surface area contributed by atoms with Crippen molar-refractivity contribution in [1.82, 2.24) is 10.6 Å². The predicted molar refractivity (Wildman–Crippen MR) is 73.6 cm³/mol. The van der Waals surface area contributed by atoms with E-state index in [1.807, 2.05) is 0 Å². The Morgan fingerprint density at radius 1 is 1.35 bits per heavy atom. The summed E-state index contributed by atoms with van der Waals surface area (Å²) in [7, 11) is 0. The first-order valence-corrected chi connectivity index (χ1v) is 7.28. The van der Waals surface area contributed by atoms with Gasteiger partial charge in [0.15, 0.2) is 0 Å². The molecule has 3 N–H and O–H groups in total. The lowest BCUT2D eigenvalue weighted by Crippen LogP contribution is -2.41. The van der Waals surface area contributed by atoms with Gasteiger partial charge in [-0.15, -0.1) is 11.3 Å². The van der Waals surface area contributed by atoms with E-state index in [2.05, 4.69) is 10.6 Å². The van der Waals surface area contributed by atoms with Crippen molar-refractivity contribution in [2.24, 2.45) is 5.92 Å². The molecule has 2 atom stereocenters. The zero-order valence-electron chi connectivity index (χ0n) is 10.8. The third kappa shape index (κ3) is 3.80. The van der Waals surface area contributed by atoms with E-state index in [4.69, 9.17) is 5.11 Å². The molecule has 7 heteroatoms. The highest BCUT2D eigenvalue weighted by Crippen LogP contribution is 2.25. The largest absolute Gasteiger partial charge is 0.481 e. The molecule has 1 saturated carbocycles. The molecule has 0 radical (unpaired) electrons. The van der Waals surface area contributed by atoms with Crippen LogP contribution < -0.4 is 10.6 Å². The molecule has 2 amide bonds. The number of amides is 2. The van der Waals surface area contributed by atoms with Gasteiger partial charge in [-0.05, 0) is 30.7 Å². The van der Waals surface area contributed by atoms with Gasteiger partial charge in [0.1, 0.15) is 0 Å². The molecule has 1 heterocycles. The minimum Gasteiger partial charge on any atom is -0.481 e. The molecule has 20 heavy (non-hydrogen) atoms. The standard InChI is InChI=1S/C13H16N2O4S/c16-11(7-14-12(17)10-2-1-5-20-10)15-9-4-3-8(6-9)13(18)19/h1-2,5,8-9H,3-4,6-7H2,(H,14,17)(H,15,16)(H,18,19)/t8-,9+/m1/s1. The fourth-order valence-corrected chi connectivity index (χ4v) is 2.91. The van der Waals surface area contributed by atoms with Gasteiger partial charge < -0.3 is 15.7 Å². The average molecular weight is 296 g/mol. The van der Waals surface area contributed by atoms with E-state index in [1.54, 1.807) is 17.5 Å². The van der Waals surface area contributed by atoms with Crippen LogP contribution in [0.3, 0.4) is 0 Å². The molecule has 1 aliphatic carbocycles. The first kappa shape index (κ1) is 14.5. The second-order valence-corrected chi connectivity index (χ2v) is 5.72. The maximum absolute atomic E-state index is 11.7. The molecule has 0 spiro atoms. The summed E-state index contributed by atoms with van der Waals surface area (Å²) in [4.78, 5) is 34.7. The van der Waals surface area contributed by atoms with Gasteiger partial charge in [-0.25, -0.2) is 0 Å². The Bertz CT molecular complexity index is 500. The Labute approximate surface area is 120 Å². The van der Waals surface area contributed by atoms with Gasteiger partial charge in [-0.3, -0.25) is 14.4 Å². The van der Waals surface area contributed by atoms with Crippen molar-refractivity contribution in [2.75, 3.05) is 6.54 Å². The number of carbonyl (C=O) groups excluding carboxylic acids is 2. The van der Waals surface area contributed by atoms with Crippen LogP contribution in [0.2, 0.25) is 0 Å². The second kappa shape index (κ2) is 6.51. The van der Waals surface area contributed by atoms with E-state index in [-0.39, 0.29) is 30.3 Å². The molecule has 1 aromatic heterocycles. The topological polar surface area (TPSA) is 95.5 Å². The summed E-state index contributed by atoms with van der Waals surface area (Å²) >= 11 is 1.31. The van der Waals surface area contributed by atoms with E-state index in [9.17, 15) is 14.4 Å². The van der Waals surface area contributed by atoms with Crippen LogP contribution in [0.5, 0.6) is 0 Å². The summed E-state index contributed by atoms with van der Waals surface area (Å²) in [6.45, 7) is -0.0923. The lowest BCUT2D eigenvalue weighted by molar-refractivity contribution is -0.141. The van der Waals surface area contributed by atoms with Crippen molar-refractivity contribution in [3.63, 3.8) is 0 Å². The SMILES string of the molecule is O=C(CNC(=O)c1cccs1)N[C@H]1CC[C@@H](C(=O)O)C1. The third-order valence-electron chi connectivity index (χ3n) is 3.30. The van der Waals surface area contributed by atoms with E-state index < -0.39 is 5.97 Å². The molecule has 1 aromatic rings. The minimum atomic E-state index is -0.812. The number of carboxylic acids is 1. The van der Waals surface area contributed by atoms with Gasteiger partial charge in [0.05, 0.1) is 17.3 Å². The Kier molecular flexibility index (Phi) is 4.73. The predicted octanol–water partition coefficient (Wildman–Crippen LogP) is 0.847. The molecule has 2 rings (SSSR count). The number of thiophene rings is 1. The van der Waals surface area contributed by atoms with Crippen molar-refractivity contribution < 1.29 is 19.5 Å². The fourth-order valence-electron chi connectivity index (χ4n) is 2.27. The smallest absolute Gasteiger partial charge is 0.306 e. The first-order valence-electron chi connectivity index (χ1n) is 6.40. The van der Waals surface area contributed by atoms with Crippen molar-refractivity contribution in [1.29, 1.82) is 0 Å². The van der Waals surface area contributed by atoms with Crippen molar-refractivity contribution in [3.8, 4) is 0 Å². The van der Waals surface area contributed by atoms with Crippen LogP contribution in [0.25, 0.3) is 0 Å². The third-order valence-corrected chi connectivity index (χ3v) is 4.17. The molecular weight excluding hydrogens is 280 g/mol. The summed E-state index contributed by atoms with van der Waals surface area (Å²) in [5, 5.41) is 16.0. The van der Waals surface area contributed by atoms with Crippen LogP contribution in [0.15, 0.2) is 17.5 Å². The number of nitrogens with one attached hydrogen (secondary N) is 2. The zero-order valence-corrected chi connectivity index (χ0v) is 11.6. The van der Waals surface area contributed by atoms with Gasteiger partial charge >= 0.3 is 5.97 Å². The van der Waals surface area contributed by atoms with Crippen LogP contribution >= 0.6 is 11.3 Å². The van der Waals surface area contributed by atoms with Crippen LogP contribution in [0.1, 0.15) is 28.9 Å². The van der Waals surface area contributed by atoms with Gasteiger partial charge in [0, 0.05) is 6.04 Å². The molecule has 0 aliphatic heterocycles. The maximum Gasteiger partial charge on any atom is 0.306 e.